The monoisotopic (exact) mass is 128 g/mol. The van der Waals surface area contributed by atoms with Gasteiger partial charge in [0.1, 0.15) is 0 Å². The molecule has 0 spiro atoms. The van der Waals surface area contributed by atoms with E-state index in [0.717, 1.165) is 0 Å². The van der Waals surface area contributed by atoms with Crippen molar-refractivity contribution >= 4 is 28.2 Å². The molecular weight excluding hydrogens is 118 g/mol. The Kier molecular flexibility index (Phi) is 24.3. The molecule has 0 heterocycles. The highest BCUT2D eigenvalue weighted by Crippen LogP contribution is 1.40. The topological polar surface area (TPSA) is 60.7 Å². The summed E-state index contributed by atoms with van der Waals surface area (Å²) in [6.45, 7) is 0. The van der Waals surface area contributed by atoms with Crippen molar-refractivity contribution in [2.45, 2.75) is 0 Å². The first-order valence-corrected chi connectivity index (χ1v) is 0.775. The van der Waals surface area contributed by atoms with Crippen LogP contribution in [0.3, 0.4) is 0 Å². The first-order valence-electron chi connectivity index (χ1n) is 0.775. The fraction of sp³-hybridized carbons (Fsp3) is 0. The van der Waals surface area contributed by atoms with Gasteiger partial charge in [0.25, 0.3) is 0 Å². The Hall–Kier alpha value is 0.592. The van der Waals surface area contributed by atoms with Crippen molar-refractivity contribution in [1.29, 1.82) is 0 Å². The van der Waals surface area contributed by atoms with Crippen LogP contribution in [0.2, 0.25) is 0 Å². The molecule has 0 aliphatic heterocycles. The third-order valence-electron chi connectivity index (χ3n) is 0. The summed E-state index contributed by atoms with van der Waals surface area (Å²) in [7, 11) is -2.17. The van der Waals surface area contributed by atoms with Crippen molar-refractivity contribution in [2.24, 2.45) is 0 Å². The molecule has 3 N–H and O–H groups in total. The van der Waals surface area contributed by atoms with E-state index >= 15 is 0 Å². The average molecular weight is 128 g/mol. The Morgan fingerprint density at radius 1 is 1.00 bits per heavy atom. The summed E-state index contributed by atoms with van der Waals surface area (Å²) in [5, 5.41) is 21.5. The third kappa shape index (κ3) is 169. The zero-order chi connectivity index (χ0) is 3.58. The van der Waals surface area contributed by atoms with Gasteiger partial charge < -0.3 is 15.1 Å². The van der Waals surface area contributed by atoms with Gasteiger partial charge in [-0.15, -0.1) is 0 Å². The maximum Gasteiger partial charge on any atom is 0.631 e. The van der Waals surface area contributed by atoms with E-state index in [1.54, 1.807) is 0 Å². The lowest BCUT2D eigenvalue weighted by Gasteiger charge is -1.69. The highest BCUT2D eigenvalue weighted by Gasteiger charge is 1.92. The highest BCUT2D eigenvalue weighted by atomic mass is 31.0. The van der Waals surface area contributed by atoms with Crippen molar-refractivity contribution in [3.63, 3.8) is 0 Å². The Morgan fingerprint density at radius 3 is 1.00 bits per heavy atom. The van der Waals surface area contributed by atoms with E-state index in [-0.39, 0.29) is 20.9 Å². The van der Waals surface area contributed by atoms with Crippen LogP contribution in [0.25, 0.3) is 0 Å². The fourth-order valence-corrected chi connectivity index (χ4v) is 0. The molecule has 0 aliphatic carbocycles. The summed E-state index contributed by atoms with van der Waals surface area (Å²) < 4.78 is 0. The molecule has 1 unspecified atom stereocenters. The van der Waals surface area contributed by atoms with Gasteiger partial charge in [0.05, 0.1) is 0 Å². The van der Waals surface area contributed by atoms with Crippen LogP contribution in [0.4, 0.5) is 0 Å². The molecule has 1 atom stereocenters. The van der Waals surface area contributed by atoms with Gasteiger partial charge in [0, 0.05) is 0 Å². The van der Waals surface area contributed by atoms with E-state index in [2.05, 4.69) is 0 Å². The van der Waals surface area contributed by atoms with Gasteiger partial charge in [-0.1, -0.05) is 0 Å². The van der Waals surface area contributed by atoms with Crippen LogP contribution >= 0.6 is 9.90 Å². The molecule has 0 saturated heterocycles. The third-order valence-corrected chi connectivity index (χ3v) is 0. The van der Waals surface area contributed by atoms with E-state index in [1.165, 1.54) is 0 Å². The van der Waals surface area contributed by atoms with Gasteiger partial charge in [-0.3, -0.25) is 0 Å². The SMILES string of the molecule is OB(O)O.P.[SiH4]. The molecule has 0 rings (SSSR count). The van der Waals surface area contributed by atoms with Crippen LogP contribution in [0.15, 0.2) is 0 Å². The van der Waals surface area contributed by atoms with Crippen LogP contribution in [0.5, 0.6) is 0 Å². The van der Waals surface area contributed by atoms with E-state index in [1.807, 2.05) is 0 Å². The van der Waals surface area contributed by atoms with Gasteiger partial charge in [0.2, 0.25) is 0 Å². The minimum Gasteiger partial charge on any atom is -0.402 e. The molecule has 0 aromatic heterocycles. The highest BCUT2D eigenvalue weighted by molar-refractivity contribution is 6.92. The standard InChI is InChI=1S/BH3O3.H3P.H4Si/c2-1(3)4;;/h2-4H;1H3;1H4. The molecule has 6 heteroatoms. The zero-order valence-corrected chi connectivity index (χ0v) is 4.04. The fourth-order valence-electron chi connectivity index (χ4n) is 0. The summed E-state index contributed by atoms with van der Waals surface area (Å²) in [4.78, 5) is 0. The second-order valence-corrected chi connectivity index (χ2v) is 0.346. The predicted octanol–water partition coefficient (Wildman–Crippen LogP) is -3.45. The average Bonchev–Trinajstić information content (AvgIpc) is 0.811. The molecule has 0 amide bonds. The largest absolute Gasteiger partial charge is 0.631 e. The number of hydrogen-bond acceptors (Lipinski definition) is 3. The molecule has 0 saturated carbocycles. The molecule has 0 aromatic rings. The number of hydrogen-bond donors (Lipinski definition) is 3. The second-order valence-electron chi connectivity index (χ2n) is 0.346. The normalized spacial score (nSPS) is 4.50. The maximum absolute atomic E-state index is 7.17. The summed E-state index contributed by atoms with van der Waals surface area (Å²) in [6.07, 6.45) is 0. The first kappa shape index (κ1) is 16.0. The van der Waals surface area contributed by atoms with Gasteiger partial charge in [0.15, 0.2) is 0 Å². The molecule has 3 nitrogen and oxygen atoms in total. The van der Waals surface area contributed by atoms with Crippen molar-refractivity contribution < 1.29 is 15.1 Å². The van der Waals surface area contributed by atoms with E-state index in [9.17, 15) is 0 Å². The quantitative estimate of drug-likeness (QED) is 0.235. The van der Waals surface area contributed by atoms with Crippen molar-refractivity contribution in [3.8, 4) is 0 Å². The molecule has 6 heavy (non-hydrogen) atoms. The summed E-state index contributed by atoms with van der Waals surface area (Å²) in [5.74, 6) is 0. The van der Waals surface area contributed by atoms with Gasteiger partial charge >= 0.3 is 7.32 Å². The lowest BCUT2D eigenvalue weighted by molar-refractivity contribution is 0.278. The number of rotatable bonds is 0. The molecule has 0 aliphatic rings. The molecule has 0 fully saturated rings. The molecule has 0 radical (unpaired) electrons. The van der Waals surface area contributed by atoms with E-state index < -0.39 is 7.32 Å². The van der Waals surface area contributed by atoms with Crippen molar-refractivity contribution in [1.82, 2.24) is 0 Å². The first-order chi connectivity index (χ1) is 1.73. The molecule has 0 aromatic carbocycles. The van der Waals surface area contributed by atoms with Gasteiger partial charge in [-0.2, -0.15) is 9.90 Å². The molecule has 0 bridgehead atoms. The van der Waals surface area contributed by atoms with E-state index in [4.69, 9.17) is 15.1 Å². The summed E-state index contributed by atoms with van der Waals surface area (Å²) in [6, 6.07) is 0. The maximum atomic E-state index is 7.17. The van der Waals surface area contributed by atoms with Crippen LogP contribution in [-0.4, -0.2) is 33.4 Å². The van der Waals surface area contributed by atoms with E-state index in [0.29, 0.717) is 0 Å². The van der Waals surface area contributed by atoms with Crippen molar-refractivity contribution in [3.05, 3.63) is 0 Å². The molecular formula is H10BO3PSi. The summed E-state index contributed by atoms with van der Waals surface area (Å²) >= 11 is 0. The molecule has 40 valence electrons. The lowest BCUT2D eigenvalue weighted by atomic mass is 10.3. The van der Waals surface area contributed by atoms with Crippen LogP contribution in [0.1, 0.15) is 0 Å². The van der Waals surface area contributed by atoms with Crippen molar-refractivity contribution in [2.75, 3.05) is 0 Å². The van der Waals surface area contributed by atoms with Crippen LogP contribution < -0.4 is 0 Å². The predicted molar refractivity (Wildman–Crippen MR) is 34.8 cm³/mol. The summed E-state index contributed by atoms with van der Waals surface area (Å²) in [5.41, 5.74) is 0. The minimum absolute atomic E-state index is 0. The van der Waals surface area contributed by atoms with Gasteiger partial charge in [-0.25, -0.2) is 0 Å². The Balaban J connectivity index is -0.0000000450. The van der Waals surface area contributed by atoms with Crippen LogP contribution in [0, 0.1) is 0 Å². The smallest absolute Gasteiger partial charge is 0.402 e. The van der Waals surface area contributed by atoms with Gasteiger partial charge in [-0.05, 0) is 11.0 Å². The Bertz CT molecular complexity index is 15.5. The zero-order valence-electron chi connectivity index (χ0n) is 2.63. The Morgan fingerprint density at radius 2 is 1.00 bits per heavy atom. The minimum atomic E-state index is -2.17. The van der Waals surface area contributed by atoms with Crippen LogP contribution in [-0.2, 0) is 0 Å². The lowest BCUT2D eigenvalue weighted by Crippen LogP contribution is -2.07. The second kappa shape index (κ2) is 9.14. The Labute approximate surface area is 44.2 Å².